The monoisotopic (exact) mass is 251 g/mol. The van der Waals surface area contributed by atoms with Gasteiger partial charge in [0.1, 0.15) is 0 Å². The summed E-state index contributed by atoms with van der Waals surface area (Å²) in [6, 6.07) is 1.65. The molecule has 2 rings (SSSR count). The smallest absolute Gasteiger partial charge is 0.257 e. The molecule has 1 amide bonds. The third-order valence-corrected chi connectivity index (χ3v) is 3.35. The van der Waals surface area contributed by atoms with Gasteiger partial charge in [0.2, 0.25) is 0 Å². The van der Waals surface area contributed by atoms with Gasteiger partial charge in [-0.2, -0.15) is 0 Å². The maximum absolute atomic E-state index is 13.6. The molecule has 1 N–H and O–H groups in total. The van der Waals surface area contributed by atoms with Crippen LogP contribution in [0.15, 0.2) is 18.5 Å². The third-order valence-electron chi connectivity index (χ3n) is 3.35. The zero-order valence-corrected chi connectivity index (χ0v) is 10.5. The molecule has 0 atom stereocenters. The van der Waals surface area contributed by atoms with E-state index in [1.54, 1.807) is 4.90 Å². The number of halogens is 1. The SMILES string of the molecule is CCN(C(=O)c1ccncc1F)C1CCNCC1. The zero-order valence-electron chi connectivity index (χ0n) is 10.5. The van der Waals surface area contributed by atoms with Gasteiger partial charge in [0.15, 0.2) is 5.82 Å². The second kappa shape index (κ2) is 5.91. The Morgan fingerprint density at radius 2 is 2.28 bits per heavy atom. The predicted octanol–water partition coefficient (Wildman–Crippen LogP) is 1.43. The quantitative estimate of drug-likeness (QED) is 0.884. The van der Waals surface area contributed by atoms with E-state index < -0.39 is 5.82 Å². The normalized spacial score (nSPS) is 16.6. The van der Waals surface area contributed by atoms with Crippen LogP contribution in [0.5, 0.6) is 0 Å². The highest BCUT2D eigenvalue weighted by atomic mass is 19.1. The van der Waals surface area contributed by atoms with Gasteiger partial charge >= 0.3 is 0 Å². The Balaban J connectivity index is 2.17. The number of carbonyl (C=O) groups is 1. The fraction of sp³-hybridized carbons (Fsp3) is 0.538. The largest absolute Gasteiger partial charge is 0.336 e. The number of hydrogen-bond donors (Lipinski definition) is 1. The number of nitrogens with one attached hydrogen (secondary N) is 1. The number of pyridine rings is 1. The minimum Gasteiger partial charge on any atom is -0.336 e. The van der Waals surface area contributed by atoms with E-state index in [9.17, 15) is 9.18 Å². The van der Waals surface area contributed by atoms with E-state index in [0.29, 0.717) is 6.54 Å². The fourth-order valence-corrected chi connectivity index (χ4v) is 2.39. The van der Waals surface area contributed by atoms with Crippen LogP contribution in [-0.2, 0) is 0 Å². The Morgan fingerprint density at radius 3 is 2.89 bits per heavy atom. The van der Waals surface area contributed by atoms with Gasteiger partial charge in [-0.05, 0) is 38.9 Å². The third kappa shape index (κ3) is 2.67. The summed E-state index contributed by atoms with van der Waals surface area (Å²) in [7, 11) is 0. The highest BCUT2D eigenvalue weighted by molar-refractivity contribution is 5.94. The summed E-state index contributed by atoms with van der Waals surface area (Å²) >= 11 is 0. The van der Waals surface area contributed by atoms with Crippen LogP contribution in [0.4, 0.5) is 4.39 Å². The molecule has 0 radical (unpaired) electrons. The summed E-state index contributed by atoms with van der Waals surface area (Å²) in [6.45, 7) is 4.35. The number of hydrogen-bond acceptors (Lipinski definition) is 3. The van der Waals surface area contributed by atoms with Crippen LogP contribution in [0, 0.1) is 5.82 Å². The van der Waals surface area contributed by atoms with E-state index in [0.717, 1.165) is 32.1 Å². The van der Waals surface area contributed by atoms with Crippen molar-refractivity contribution >= 4 is 5.91 Å². The molecule has 1 saturated heterocycles. The molecule has 1 aromatic heterocycles. The van der Waals surface area contributed by atoms with E-state index >= 15 is 0 Å². The first kappa shape index (κ1) is 13.0. The van der Waals surface area contributed by atoms with Crippen LogP contribution in [0.3, 0.4) is 0 Å². The summed E-state index contributed by atoms with van der Waals surface area (Å²) in [5.74, 6) is -0.779. The summed E-state index contributed by atoms with van der Waals surface area (Å²) in [5.41, 5.74) is 0.116. The highest BCUT2D eigenvalue weighted by Crippen LogP contribution is 2.16. The summed E-state index contributed by atoms with van der Waals surface area (Å²) in [4.78, 5) is 17.8. The van der Waals surface area contributed by atoms with Crippen molar-refractivity contribution in [2.45, 2.75) is 25.8 Å². The molecule has 4 nitrogen and oxygen atoms in total. The van der Waals surface area contributed by atoms with Crippen molar-refractivity contribution in [3.63, 3.8) is 0 Å². The van der Waals surface area contributed by atoms with Crippen LogP contribution in [0.25, 0.3) is 0 Å². The second-order valence-electron chi connectivity index (χ2n) is 4.43. The van der Waals surface area contributed by atoms with Gasteiger partial charge < -0.3 is 10.2 Å². The van der Waals surface area contributed by atoms with Gasteiger partial charge in [-0.3, -0.25) is 9.78 Å². The molecule has 2 heterocycles. The van der Waals surface area contributed by atoms with E-state index in [1.165, 1.54) is 12.3 Å². The molecular formula is C13H18FN3O. The van der Waals surface area contributed by atoms with E-state index in [2.05, 4.69) is 10.3 Å². The predicted molar refractivity (Wildman–Crippen MR) is 66.8 cm³/mol. The lowest BCUT2D eigenvalue weighted by atomic mass is 10.0. The molecule has 0 aliphatic carbocycles. The number of amides is 1. The zero-order chi connectivity index (χ0) is 13.0. The van der Waals surface area contributed by atoms with Crippen molar-refractivity contribution in [2.75, 3.05) is 19.6 Å². The Labute approximate surface area is 106 Å². The van der Waals surface area contributed by atoms with Crippen LogP contribution in [0.2, 0.25) is 0 Å². The molecular weight excluding hydrogens is 233 g/mol. The Kier molecular flexibility index (Phi) is 4.25. The van der Waals surface area contributed by atoms with Gasteiger partial charge in [-0.25, -0.2) is 4.39 Å². The van der Waals surface area contributed by atoms with Crippen LogP contribution in [0.1, 0.15) is 30.1 Å². The lowest BCUT2D eigenvalue weighted by Gasteiger charge is -2.34. The fourth-order valence-electron chi connectivity index (χ4n) is 2.39. The summed E-state index contributed by atoms with van der Waals surface area (Å²) in [5, 5.41) is 3.26. The van der Waals surface area contributed by atoms with Crippen molar-refractivity contribution in [3.05, 3.63) is 29.8 Å². The number of carbonyl (C=O) groups excluding carboxylic acids is 1. The molecule has 0 unspecified atom stereocenters. The van der Waals surface area contributed by atoms with Crippen molar-refractivity contribution in [1.29, 1.82) is 0 Å². The maximum atomic E-state index is 13.6. The first-order valence-electron chi connectivity index (χ1n) is 6.35. The average Bonchev–Trinajstić information content (AvgIpc) is 2.41. The number of nitrogens with zero attached hydrogens (tertiary/aromatic N) is 2. The maximum Gasteiger partial charge on any atom is 0.257 e. The highest BCUT2D eigenvalue weighted by Gasteiger charge is 2.26. The second-order valence-corrected chi connectivity index (χ2v) is 4.43. The molecule has 0 saturated carbocycles. The number of rotatable bonds is 3. The van der Waals surface area contributed by atoms with E-state index in [-0.39, 0.29) is 17.5 Å². The molecule has 0 spiro atoms. The van der Waals surface area contributed by atoms with E-state index in [4.69, 9.17) is 0 Å². The Bertz CT molecular complexity index is 418. The molecule has 1 aromatic rings. The molecule has 0 bridgehead atoms. The number of piperidine rings is 1. The lowest BCUT2D eigenvalue weighted by molar-refractivity contribution is 0.0651. The van der Waals surface area contributed by atoms with Gasteiger partial charge in [0.25, 0.3) is 5.91 Å². The van der Waals surface area contributed by atoms with Gasteiger partial charge in [0.05, 0.1) is 11.8 Å². The minimum absolute atomic E-state index is 0.116. The summed E-state index contributed by atoms with van der Waals surface area (Å²) < 4.78 is 13.6. The van der Waals surface area contributed by atoms with Gasteiger partial charge in [-0.15, -0.1) is 0 Å². The first-order chi connectivity index (χ1) is 8.74. The van der Waals surface area contributed by atoms with Crippen LogP contribution < -0.4 is 5.32 Å². The molecule has 5 heteroatoms. The molecule has 18 heavy (non-hydrogen) atoms. The lowest BCUT2D eigenvalue weighted by Crippen LogP contribution is -2.46. The Hall–Kier alpha value is -1.49. The Morgan fingerprint density at radius 1 is 1.56 bits per heavy atom. The average molecular weight is 251 g/mol. The molecule has 0 aromatic carbocycles. The van der Waals surface area contributed by atoms with Crippen LogP contribution in [-0.4, -0.2) is 41.5 Å². The summed E-state index contributed by atoms with van der Waals surface area (Å²) in [6.07, 6.45) is 4.38. The first-order valence-corrected chi connectivity index (χ1v) is 6.35. The number of aromatic nitrogens is 1. The van der Waals surface area contributed by atoms with Crippen molar-refractivity contribution in [3.8, 4) is 0 Å². The molecule has 1 fully saturated rings. The van der Waals surface area contributed by atoms with E-state index in [1.807, 2.05) is 6.92 Å². The molecule has 98 valence electrons. The van der Waals surface area contributed by atoms with Crippen molar-refractivity contribution in [1.82, 2.24) is 15.2 Å². The van der Waals surface area contributed by atoms with Crippen molar-refractivity contribution in [2.24, 2.45) is 0 Å². The minimum atomic E-state index is -0.546. The topological polar surface area (TPSA) is 45.2 Å². The standard InChI is InChI=1S/C13H18FN3O/c1-2-17(10-3-6-15-7-4-10)13(18)11-5-8-16-9-12(11)14/h5,8-10,15H,2-4,6-7H2,1H3. The van der Waals surface area contributed by atoms with Crippen molar-refractivity contribution < 1.29 is 9.18 Å². The van der Waals surface area contributed by atoms with Crippen LogP contribution >= 0.6 is 0 Å². The van der Waals surface area contributed by atoms with Gasteiger partial charge in [-0.1, -0.05) is 0 Å². The van der Waals surface area contributed by atoms with Gasteiger partial charge in [0, 0.05) is 18.8 Å². The molecule has 1 aliphatic rings. The molecule has 1 aliphatic heterocycles.